The van der Waals surface area contributed by atoms with Crippen LogP contribution in [-0.2, 0) is 19.6 Å². The van der Waals surface area contributed by atoms with Crippen LogP contribution in [0.1, 0.15) is 91.9 Å². The molecule has 1 rings (SSSR count). The summed E-state index contributed by atoms with van der Waals surface area (Å²) in [6, 6.07) is -0.365. The number of nitrogens with one attached hydrogen (secondary N) is 2. The smallest absolute Gasteiger partial charge is 0.223 e. The highest BCUT2D eigenvalue weighted by Gasteiger charge is 2.58. The minimum Gasteiger partial charge on any atom is -0.348 e. The van der Waals surface area contributed by atoms with E-state index in [1.54, 1.807) is 6.92 Å². The van der Waals surface area contributed by atoms with E-state index in [1.807, 2.05) is 13.8 Å². The summed E-state index contributed by atoms with van der Waals surface area (Å²) in [7, 11) is -3.35. The highest BCUT2D eigenvalue weighted by atomic mass is 32.2. The first-order valence-electron chi connectivity index (χ1n) is 11.5. The van der Waals surface area contributed by atoms with Crippen molar-refractivity contribution < 1.29 is 18.0 Å². The van der Waals surface area contributed by atoms with Gasteiger partial charge in [0.1, 0.15) is 5.78 Å². The molecule has 1 saturated carbocycles. The van der Waals surface area contributed by atoms with E-state index in [4.69, 9.17) is 0 Å². The van der Waals surface area contributed by atoms with E-state index >= 15 is 0 Å². The molecule has 0 aromatic rings. The summed E-state index contributed by atoms with van der Waals surface area (Å²) in [5, 5.41) is 3.18. The number of Topliss-reactive ketones (excluding diaryl/α,β-unsaturated/α-hetero) is 1. The number of rotatable bonds is 16. The number of amides is 1. The molecule has 0 aromatic carbocycles. The first-order chi connectivity index (χ1) is 14.0. The van der Waals surface area contributed by atoms with Crippen LogP contribution in [0, 0.1) is 11.8 Å². The Morgan fingerprint density at radius 2 is 1.80 bits per heavy atom. The van der Waals surface area contributed by atoms with Crippen LogP contribution in [0.2, 0.25) is 0 Å². The minimum absolute atomic E-state index is 0.00646. The molecular formula is C23H42N2O4S. The van der Waals surface area contributed by atoms with Crippen molar-refractivity contribution in [1.29, 1.82) is 0 Å². The molecule has 0 aromatic heterocycles. The number of allylic oxidation sites excluding steroid dienone is 1. The van der Waals surface area contributed by atoms with Crippen LogP contribution in [-0.4, -0.2) is 37.9 Å². The molecule has 0 radical (unpaired) electrons. The van der Waals surface area contributed by atoms with Crippen molar-refractivity contribution in [2.45, 2.75) is 103 Å². The van der Waals surface area contributed by atoms with E-state index in [1.165, 1.54) is 0 Å². The molecule has 1 aliphatic rings. The molecule has 0 bridgehead atoms. The molecule has 6 nitrogen and oxygen atoms in total. The second-order valence-corrected chi connectivity index (χ2v) is 10.9. The van der Waals surface area contributed by atoms with Gasteiger partial charge in [-0.1, -0.05) is 51.7 Å². The Bertz CT molecular complexity index is 689. The van der Waals surface area contributed by atoms with Gasteiger partial charge >= 0.3 is 0 Å². The van der Waals surface area contributed by atoms with Gasteiger partial charge in [-0.25, -0.2) is 13.1 Å². The molecule has 0 aliphatic heterocycles. The number of unbranched alkanes of at least 4 members (excludes halogenated alkanes) is 5. The van der Waals surface area contributed by atoms with Gasteiger partial charge in [-0.2, -0.15) is 0 Å². The summed E-state index contributed by atoms with van der Waals surface area (Å²) in [6.45, 7) is 7.51. The Kier molecular flexibility index (Phi) is 11.3. The van der Waals surface area contributed by atoms with Crippen molar-refractivity contribution >= 4 is 21.7 Å². The summed E-state index contributed by atoms with van der Waals surface area (Å²) in [4.78, 5) is 23.7. The third-order valence-electron chi connectivity index (χ3n) is 6.03. The molecule has 7 heteroatoms. The fourth-order valence-electron chi connectivity index (χ4n) is 3.97. The monoisotopic (exact) mass is 442 g/mol. The van der Waals surface area contributed by atoms with Gasteiger partial charge in [0, 0.05) is 24.3 Å². The Balaban J connectivity index is 2.60. The van der Waals surface area contributed by atoms with Crippen LogP contribution in [0.25, 0.3) is 0 Å². The second kappa shape index (κ2) is 12.6. The van der Waals surface area contributed by atoms with Gasteiger partial charge in [0.05, 0.1) is 11.8 Å². The number of hydrogen-bond acceptors (Lipinski definition) is 4. The number of carbonyl (C=O) groups excluding carboxylic acids is 2. The lowest BCUT2D eigenvalue weighted by Crippen LogP contribution is -2.54. The first kappa shape index (κ1) is 26.8. The first-order valence-corrected chi connectivity index (χ1v) is 13.4. The lowest BCUT2D eigenvalue weighted by Gasteiger charge is -2.28. The van der Waals surface area contributed by atoms with Crippen molar-refractivity contribution in [2.75, 3.05) is 6.26 Å². The molecule has 0 heterocycles. The van der Waals surface area contributed by atoms with Crippen molar-refractivity contribution in [3.63, 3.8) is 0 Å². The molecule has 0 saturated heterocycles. The van der Waals surface area contributed by atoms with E-state index in [2.05, 4.69) is 29.1 Å². The Morgan fingerprint density at radius 3 is 2.40 bits per heavy atom. The zero-order valence-corrected chi connectivity index (χ0v) is 20.3. The summed E-state index contributed by atoms with van der Waals surface area (Å²) in [5.74, 6) is 0.323. The molecule has 30 heavy (non-hydrogen) atoms. The van der Waals surface area contributed by atoms with Crippen LogP contribution in [0.4, 0.5) is 0 Å². The van der Waals surface area contributed by atoms with E-state index in [9.17, 15) is 18.0 Å². The van der Waals surface area contributed by atoms with Crippen molar-refractivity contribution in [1.82, 2.24) is 10.0 Å². The molecule has 3 unspecified atom stereocenters. The van der Waals surface area contributed by atoms with Crippen LogP contribution >= 0.6 is 0 Å². The quantitative estimate of drug-likeness (QED) is 0.278. The maximum absolute atomic E-state index is 12.7. The van der Waals surface area contributed by atoms with Crippen LogP contribution < -0.4 is 10.0 Å². The molecular weight excluding hydrogens is 400 g/mol. The Labute approximate surface area is 183 Å². The highest BCUT2D eigenvalue weighted by Crippen LogP contribution is 2.47. The average molecular weight is 443 g/mol. The predicted molar refractivity (Wildman–Crippen MR) is 123 cm³/mol. The molecule has 174 valence electrons. The molecule has 4 atom stereocenters. The summed E-state index contributed by atoms with van der Waals surface area (Å²) < 4.78 is 26.2. The van der Waals surface area contributed by atoms with Gasteiger partial charge in [0.2, 0.25) is 15.9 Å². The Hall–Kier alpha value is -1.21. The zero-order valence-electron chi connectivity index (χ0n) is 19.5. The largest absolute Gasteiger partial charge is 0.348 e. The minimum atomic E-state index is -3.35. The van der Waals surface area contributed by atoms with Crippen molar-refractivity contribution in [3.05, 3.63) is 12.2 Å². The maximum Gasteiger partial charge on any atom is 0.223 e. The fourth-order valence-corrected chi connectivity index (χ4v) is 4.82. The van der Waals surface area contributed by atoms with Crippen molar-refractivity contribution in [2.24, 2.45) is 11.8 Å². The van der Waals surface area contributed by atoms with Crippen LogP contribution in [0.15, 0.2) is 12.2 Å². The van der Waals surface area contributed by atoms with Crippen LogP contribution in [0.5, 0.6) is 0 Å². The molecule has 1 fully saturated rings. The summed E-state index contributed by atoms with van der Waals surface area (Å²) in [5.41, 5.74) is -0.543. The van der Waals surface area contributed by atoms with E-state index in [-0.39, 0.29) is 29.6 Å². The Morgan fingerprint density at radius 1 is 1.13 bits per heavy atom. The van der Waals surface area contributed by atoms with Gasteiger partial charge in [0.15, 0.2) is 0 Å². The highest BCUT2D eigenvalue weighted by molar-refractivity contribution is 7.88. The third-order valence-corrected chi connectivity index (χ3v) is 6.82. The zero-order chi connectivity index (χ0) is 22.8. The third kappa shape index (κ3) is 9.73. The normalized spacial score (nSPS) is 23.3. The van der Waals surface area contributed by atoms with E-state index in [0.29, 0.717) is 6.42 Å². The lowest BCUT2D eigenvalue weighted by atomic mass is 10.00. The summed E-state index contributed by atoms with van der Waals surface area (Å²) in [6.07, 6.45) is 14.9. The standard InChI is InChI=1S/C23H42N2O4S/c1-6-7-14-18(2)22(27)24-23(20(4)25-30(5,28)29)17-21(23)16-13-11-9-8-10-12-15-19(3)26/h13,16,18,20-21,25H,6-12,14-15,17H2,1-5H3,(H,24,27)/b16-13-/t18?,20?,21?,23-/m0/s1. The molecule has 1 amide bonds. The molecule has 0 spiro atoms. The number of ketones is 1. The summed E-state index contributed by atoms with van der Waals surface area (Å²) >= 11 is 0. The van der Waals surface area contributed by atoms with Gasteiger partial charge < -0.3 is 10.1 Å². The fraction of sp³-hybridized carbons (Fsp3) is 0.826. The van der Waals surface area contributed by atoms with Gasteiger partial charge in [-0.3, -0.25) is 4.79 Å². The number of hydrogen-bond donors (Lipinski definition) is 2. The number of sulfonamides is 1. The van der Waals surface area contributed by atoms with Gasteiger partial charge in [-0.15, -0.1) is 0 Å². The second-order valence-electron chi connectivity index (χ2n) is 9.08. The lowest BCUT2D eigenvalue weighted by molar-refractivity contribution is -0.126. The van der Waals surface area contributed by atoms with Gasteiger partial charge in [0.25, 0.3) is 0 Å². The SMILES string of the molecule is CCCCC(C)C(=O)N[C@]1(C(C)NS(C)(=O)=O)CC1/C=C\CCCCCCC(C)=O. The van der Waals surface area contributed by atoms with E-state index < -0.39 is 15.6 Å². The maximum atomic E-state index is 12.7. The number of carbonyl (C=O) groups is 2. The topological polar surface area (TPSA) is 92.3 Å². The van der Waals surface area contributed by atoms with Gasteiger partial charge in [-0.05, 0) is 46.0 Å². The molecule has 2 N–H and O–H groups in total. The van der Waals surface area contributed by atoms with Crippen LogP contribution in [0.3, 0.4) is 0 Å². The van der Waals surface area contributed by atoms with Crippen molar-refractivity contribution in [3.8, 4) is 0 Å². The van der Waals surface area contributed by atoms with E-state index in [0.717, 1.165) is 64.0 Å². The molecule has 1 aliphatic carbocycles. The average Bonchev–Trinajstić information content (AvgIpc) is 3.34. The predicted octanol–water partition coefficient (Wildman–Crippen LogP) is 4.11.